The van der Waals surface area contributed by atoms with Gasteiger partial charge in [-0.2, -0.15) is 0 Å². The lowest BCUT2D eigenvalue weighted by molar-refractivity contribution is 0.469. The lowest BCUT2D eigenvalue weighted by Crippen LogP contribution is -2.06. The van der Waals surface area contributed by atoms with E-state index in [1.54, 1.807) is 31.3 Å². The van der Waals surface area contributed by atoms with Gasteiger partial charge in [0.15, 0.2) is 0 Å². The van der Waals surface area contributed by atoms with Crippen LogP contribution in [-0.2, 0) is 6.54 Å². The molecule has 0 atom stereocenters. The third-order valence-corrected chi connectivity index (χ3v) is 3.36. The number of halogens is 3. The van der Waals surface area contributed by atoms with Crippen LogP contribution in [0.25, 0.3) is 0 Å². The van der Waals surface area contributed by atoms with Gasteiger partial charge in [0.25, 0.3) is 0 Å². The molecule has 2 nitrogen and oxygen atoms in total. The number of hydrogen-bond donors (Lipinski definition) is 1. The highest BCUT2D eigenvalue weighted by molar-refractivity contribution is 9.10. The summed E-state index contributed by atoms with van der Waals surface area (Å²) < 4.78 is 19.8. The van der Waals surface area contributed by atoms with E-state index < -0.39 is 0 Å². The minimum Gasteiger partial charge on any atom is -0.456 e. The third kappa shape index (κ3) is 3.69. The molecule has 2 aromatic carbocycles. The van der Waals surface area contributed by atoms with Crippen LogP contribution < -0.4 is 10.1 Å². The number of ether oxygens (including phenoxy) is 1. The molecule has 19 heavy (non-hydrogen) atoms. The fourth-order valence-corrected chi connectivity index (χ4v) is 2.42. The Kier molecular flexibility index (Phi) is 4.80. The van der Waals surface area contributed by atoms with Crippen LogP contribution in [0.1, 0.15) is 5.56 Å². The van der Waals surface area contributed by atoms with Gasteiger partial charge in [-0.25, -0.2) is 4.39 Å². The van der Waals surface area contributed by atoms with Crippen LogP contribution in [0.15, 0.2) is 40.9 Å². The summed E-state index contributed by atoms with van der Waals surface area (Å²) in [6.07, 6.45) is 0. The van der Waals surface area contributed by atoms with Crippen LogP contribution >= 0.6 is 27.5 Å². The average molecular weight is 345 g/mol. The molecule has 0 unspecified atom stereocenters. The lowest BCUT2D eigenvalue weighted by Gasteiger charge is -2.12. The van der Waals surface area contributed by atoms with E-state index in [1.165, 1.54) is 12.1 Å². The zero-order chi connectivity index (χ0) is 13.8. The lowest BCUT2D eigenvalue weighted by atomic mass is 10.2. The van der Waals surface area contributed by atoms with Crippen LogP contribution in [0, 0.1) is 5.82 Å². The monoisotopic (exact) mass is 343 g/mol. The number of hydrogen-bond acceptors (Lipinski definition) is 2. The summed E-state index contributed by atoms with van der Waals surface area (Å²) in [5.74, 6) is 0.958. The quantitative estimate of drug-likeness (QED) is 0.864. The molecule has 0 amide bonds. The molecule has 100 valence electrons. The fourth-order valence-electron chi connectivity index (χ4n) is 1.65. The molecule has 0 spiro atoms. The maximum absolute atomic E-state index is 13.2. The van der Waals surface area contributed by atoms with Gasteiger partial charge < -0.3 is 10.1 Å². The highest BCUT2D eigenvalue weighted by atomic mass is 79.9. The fraction of sp³-hybridized carbons (Fsp3) is 0.143. The van der Waals surface area contributed by atoms with Gasteiger partial charge in [-0.1, -0.05) is 11.6 Å². The second-order valence-electron chi connectivity index (χ2n) is 3.96. The second-order valence-corrected chi connectivity index (χ2v) is 5.25. The Hall–Kier alpha value is -1.10. The zero-order valence-corrected chi connectivity index (χ0v) is 12.6. The summed E-state index contributed by atoms with van der Waals surface area (Å²) in [4.78, 5) is 0. The predicted molar refractivity (Wildman–Crippen MR) is 78.4 cm³/mol. The molecule has 0 aromatic heterocycles. The summed E-state index contributed by atoms with van der Waals surface area (Å²) in [5.41, 5.74) is 0.754. The molecule has 0 heterocycles. The first-order chi connectivity index (χ1) is 9.10. The smallest absolute Gasteiger partial charge is 0.141 e. The van der Waals surface area contributed by atoms with E-state index in [0.29, 0.717) is 23.1 Å². The number of nitrogens with one attached hydrogen (secondary N) is 1. The molecule has 2 rings (SSSR count). The summed E-state index contributed by atoms with van der Waals surface area (Å²) in [5, 5.41) is 3.60. The Bertz CT molecular complexity index is 592. The van der Waals surface area contributed by atoms with Crippen molar-refractivity contribution in [3.63, 3.8) is 0 Å². The van der Waals surface area contributed by atoms with Crippen molar-refractivity contribution in [2.24, 2.45) is 0 Å². The molecule has 0 aliphatic heterocycles. The van der Waals surface area contributed by atoms with E-state index in [1.807, 2.05) is 0 Å². The largest absolute Gasteiger partial charge is 0.456 e. The Labute approximate surface area is 124 Å². The van der Waals surface area contributed by atoms with Crippen molar-refractivity contribution in [2.75, 3.05) is 7.05 Å². The first-order valence-corrected chi connectivity index (χ1v) is 6.83. The van der Waals surface area contributed by atoms with Crippen molar-refractivity contribution in [3.05, 3.63) is 57.3 Å². The molecular formula is C14H12BrClFNO. The van der Waals surface area contributed by atoms with Crippen LogP contribution in [-0.4, -0.2) is 7.05 Å². The molecular weight excluding hydrogens is 333 g/mol. The molecule has 0 bridgehead atoms. The van der Waals surface area contributed by atoms with Crippen molar-refractivity contribution in [1.82, 2.24) is 5.32 Å². The van der Waals surface area contributed by atoms with Gasteiger partial charge in [-0.05, 0) is 59.4 Å². The third-order valence-electron chi connectivity index (χ3n) is 2.50. The second kappa shape index (κ2) is 6.37. The van der Waals surface area contributed by atoms with Gasteiger partial charge in [-0.15, -0.1) is 0 Å². The van der Waals surface area contributed by atoms with Gasteiger partial charge in [0.05, 0.1) is 4.47 Å². The predicted octanol–water partition coefficient (Wildman–Crippen LogP) is 4.75. The van der Waals surface area contributed by atoms with Crippen molar-refractivity contribution in [1.29, 1.82) is 0 Å². The van der Waals surface area contributed by atoms with Gasteiger partial charge in [0.2, 0.25) is 0 Å². The average Bonchev–Trinajstić information content (AvgIpc) is 2.36. The van der Waals surface area contributed by atoms with E-state index in [-0.39, 0.29) is 5.82 Å². The molecule has 0 aliphatic rings. The first-order valence-electron chi connectivity index (χ1n) is 5.66. The van der Waals surface area contributed by atoms with E-state index in [2.05, 4.69) is 21.2 Å². The molecule has 2 aromatic rings. The van der Waals surface area contributed by atoms with Gasteiger partial charge in [0, 0.05) is 17.1 Å². The summed E-state index contributed by atoms with van der Waals surface area (Å²) in [6, 6.07) is 9.69. The summed E-state index contributed by atoms with van der Waals surface area (Å²) in [6.45, 7) is 0.526. The van der Waals surface area contributed by atoms with Gasteiger partial charge >= 0.3 is 0 Å². The number of benzene rings is 2. The van der Waals surface area contributed by atoms with E-state index >= 15 is 0 Å². The highest BCUT2D eigenvalue weighted by Gasteiger charge is 2.08. The van der Waals surface area contributed by atoms with Crippen LogP contribution in [0.3, 0.4) is 0 Å². The van der Waals surface area contributed by atoms with E-state index in [4.69, 9.17) is 16.3 Å². The Morgan fingerprint density at radius 1 is 1.21 bits per heavy atom. The topological polar surface area (TPSA) is 21.3 Å². The SMILES string of the molecule is CNCc1cc(F)ccc1Oc1ccc(Cl)cc1Br. The molecule has 5 heteroatoms. The minimum absolute atomic E-state index is 0.284. The maximum atomic E-state index is 13.2. The van der Waals surface area contributed by atoms with Gasteiger partial charge in [-0.3, -0.25) is 0 Å². The molecule has 0 radical (unpaired) electrons. The zero-order valence-electron chi connectivity index (χ0n) is 10.2. The summed E-state index contributed by atoms with van der Waals surface area (Å²) in [7, 11) is 1.80. The Morgan fingerprint density at radius 2 is 1.95 bits per heavy atom. The van der Waals surface area contributed by atoms with E-state index in [9.17, 15) is 4.39 Å². The molecule has 0 saturated heterocycles. The Morgan fingerprint density at radius 3 is 2.63 bits per heavy atom. The minimum atomic E-state index is -0.284. The highest BCUT2D eigenvalue weighted by Crippen LogP contribution is 2.33. The standard InChI is InChI=1S/C14H12BrClFNO/c1-18-8-9-6-11(17)3-5-13(9)19-14-4-2-10(16)7-12(14)15/h2-7,18H,8H2,1H3. The molecule has 1 N–H and O–H groups in total. The molecule has 0 saturated carbocycles. The molecule has 0 aliphatic carbocycles. The van der Waals surface area contributed by atoms with Crippen molar-refractivity contribution in [3.8, 4) is 11.5 Å². The van der Waals surface area contributed by atoms with Crippen LogP contribution in [0.5, 0.6) is 11.5 Å². The Balaban J connectivity index is 2.32. The number of rotatable bonds is 4. The van der Waals surface area contributed by atoms with Crippen molar-refractivity contribution < 1.29 is 9.13 Å². The van der Waals surface area contributed by atoms with Crippen LogP contribution in [0.4, 0.5) is 4.39 Å². The van der Waals surface area contributed by atoms with Crippen molar-refractivity contribution in [2.45, 2.75) is 6.54 Å². The first kappa shape index (κ1) is 14.3. The van der Waals surface area contributed by atoms with Gasteiger partial charge in [0.1, 0.15) is 17.3 Å². The maximum Gasteiger partial charge on any atom is 0.141 e. The van der Waals surface area contributed by atoms with Crippen molar-refractivity contribution >= 4 is 27.5 Å². The summed E-state index contributed by atoms with van der Waals surface area (Å²) >= 11 is 9.26. The molecule has 0 fully saturated rings. The van der Waals surface area contributed by atoms with Crippen LogP contribution in [0.2, 0.25) is 5.02 Å². The van der Waals surface area contributed by atoms with E-state index in [0.717, 1.165) is 10.0 Å². The normalized spacial score (nSPS) is 10.5.